The minimum Gasteiger partial charge on any atom is -0.480 e. The molecule has 1 N–H and O–H groups in total. The number of carbonyl (C=O) groups is 1. The number of halogens is 1. The van der Waals surface area contributed by atoms with Gasteiger partial charge in [0.15, 0.2) is 15.1 Å². The van der Waals surface area contributed by atoms with Crippen molar-refractivity contribution in [2.45, 2.75) is 18.1 Å². The third-order valence-corrected chi connectivity index (χ3v) is 4.63. The van der Waals surface area contributed by atoms with Crippen molar-refractivity contribution >= 4 is 15.8 Å². The molecule has 0 bridgehead atoms. The van der Waals surface area contributed by atoms with Crippen molar-refractivity contribution in [1.29, 1.82) is 0 Å². The van der Waals surface area contributed by atoms with Crippen LogP contribution < -0.4 is 0 Å². The first-order chi connectivity index (χ1) is 8.47. The maximum absolute atomic E-state index is 12.0. The summed E-state index contributed by atoms with van der Waals surface area (Å²) in [7, 11) is -3.82. The standard InChI is InChI=1S/C12H15FO4S/c13-7-4-8-18(16,17)11(12(14)15)9-10-5-2-1-3-6-10/h1-3,5-6,11H,4,7-9H2,(H,14,15). The van der Waals surface area contributed by atoms with Gasteiger partial charge in [0.1, 0.15) is 0 Å². The number of carboxylic acid groups (broad SMARTS) is 1. The second kappa shape index (κ2) is 6.49. The van der Waals surface area contributed by atoms with Crippen LogP contribution in [0.3, 0.4) is 0 Å². The fourth-order valence-corrected chi connectivity index (χ4v) is 3.14. The van der Waals surface area contributed by atoms with Gasteiger partial charge in [-0.05, 0) is 18.4 Å². The van der Waals surface area contributed by atoms with Crippen molar-refractivity contribution in [3.63, 3.8) is 0 Å². The van der Waals surface area contributed by atoms with E-state index in [4.69, 9.17) is 5.11 Å². The van der Waals surface area contributed by atoms with Gasteiger partial charge in [0.25, 0.3) is 0 Å². The van der Waals surface area contributed by atoms with Crippen LogP contribution in [0.15, 0.2) is 30.3 Å². The average molecular weight is 274 g/mol. The summed E-state index contributed by atoms with van der Waals surface area (Å²) >= 11 is 0. The molecule has 1 aromatic carbocycles. The molecule has 0 amide bonds. The van der Waals surface area contributed by atoms with Gasteiger partial charge < -0.3 is 5.11 Å². The van der Waals surface area contributed by atoms with E-state index in [1.54, 1.807) is 30.3 Å². The molecular weight excluding hydrogens is 259 g/mol. The van der Waals surface area contributed by atoms with E-state index in [0.717, 1.165) is 0 Å². The molecule has 0 spiro atoms. The van der Waals surface area contributed by atoms with Gasteiger partial charge in [0, 0.05) is 0 Å². The second-order valence-electron chi connectivity index (χ2n) is 3.93. The zero-order chi connectivity index (χ0) is 13.6. The van der Waals surface area contributed by atoms with Crippen LogP contribution in [0.2, 0.25) is 0 Å². The highest BCUT2D eigenvalue weighted by atomic mass is 32.2. The first-order valence-corrected chi connectivity index (χ1v) is 7.23. The Kier molecular flexibility index (Phi) is 5.27. The molecule has 0 saturated carbocycles. The van der Waals surface area contributed by atoms with Crippen molar-refractivity contribution in [1.82, 2.24) is 0 Å². The van der Waals surface area contributed by atoms with Crippen LogP contribution >= 0.6 is 0 Å². The molecule has 100 valence electrons. The van der Waals surface area contributed by atoms with Gasteiger partial charge in [0.2, 0.25) is 0 Å². The van der Waals surface area contributed by atoms with Gasteiger partial charge in [-0.2, -0.15) is 0 Å². The van der Waals surface area contributed by atoms with E-state index in [1.807, 2.05) is 0 Å². The first kappa shape index (κ1) is 14.6. The number of hydrogen-bond acceptors (Lipinski definition) is 3. The Bertz CT molecular complexity index is 484. The third-order valence-electron chi connectivity index (χ3n) is 2.54. The highest BCUT2D eigenvalue weighted by molar-refractivity contribution is 7.92. The summed E-state index contributed by atoms with van der Waals surface area (Å²) in [5.74, 6) is -1.83. The smallest absolute Gasteiger partial charge is 0.322 e. The number of hydrogen-bond donors (Lipinski definition) is 1. The van der Waals surface area contributed by atoms with Crippen LogP contribution in [0.5, 0.6) is 0 Å². The molecule has 1 unspecified atom stereocenters. The van der Waals surface area contributed by atoms with Crippen molar-refractivity contribution in [3.8, 4) is 0 Å². The van der Waals surface area contributed by atoms with E-state index in [-0.39, 0.29) is 12.8 Å². The van der Waals surface area contributed by atoms with E-state index in [2.05, 4.69) is 0 Å². The van der Waals surface area contributed by atoms with E-state index in [0.29, 0.717) is 5.56 Å². The molecule has 0 fully saturated rings. The molecule has 0 aliphatic heterocycles. The number of benzene rings is 1. The Morgan fingerprint density at radius 1 is 1.28 bits per heavy atom. The Labute approximate surface area is 105 Å². The summed E-state index contributed by atoms with van der Waals surface area (Å²) in [6.07, 6.45) is -0.258. The predicted molar refractivity (Wildman–Crippen MR) is 65.9 cm³/mol. The molecule has 4 nitrogen and oxygen atoms in total. The Morgan fingerprint density at radius 3 is 2.39 bits per heavy atom. The van der Waals surface area contributed by atoms with Crippen LogP contribution in [-0.2, 0) is 21.1 Å². The van der Waals surface area contributed by atoms with Crippen LogP contribution in [0.4, 0.5) is 4.39 Å². The van der Waals surface area contributed by atoms with Crippen LogP contribution in [-0.4, -0.2) is 37.2 Å². The van der Waals surface area contributed by atoms with Gasteiger partial charge >= 0.3 is 5.97 Å². The Morgan fingerprint density at radius 2 is 1.89 bits per heavy atom. The third kappa shape index (κ3) is 4.10. The summed E-state index contributed by atoms with van der Waals surface area (Å²) in [6.45, 7) is -0.767. The SMILES string of the molecule is O=C(O)C(Cc1ccccc1)S(=O)(=O)CCCF. The number of rotatable bonds is 7. The summed E-state index contributed by atoms with van der Waals surface area (Å²) in [6, 6.07) is 8.52. The van der Waals surface area contributed by atoms with E-state index in [1.165, 1.54) is 0 Å². The van der Waals surface area contributed by atoms with E-state index in [9.17, 15) is 17.6 Å². The molecule has 0 aliphatic carbocycles. The molecule has 1 aromatic rings. The van der Waals surface area contributed by atoms with Gasteiger partial charge in [-0.15, -0.1) is 0 Å². The number of alkyl halides is 1. The fourth-order valence-electron chi connectivity index (χ4n) is 1.59. The maximum atomic E-state index is 12.0. The highest BCUT2D eigenvalue weighted by Gasteiger charge is 2.31. The molecule has 18 heavy (non-hydrogen) atoms. The minimum atomic E-state index is -3.82. The van der Waals surface area contributed by atoms with E-state index < -0.39 is 33.5 Å². The number of sulfone groups is 1. The predicted octanol–water partition coefficient (Wildman–Crippen LogP) is 1.46. The Hall–Kier alpha value is -1.43. The lowest BCUT2D eigenvalue weighted by atomic mass is 10.1. The van der Waals surface area contributed by atoms with Crippen molar-refractivity contribution < 1.29 is 22.7 Å². The van der Waals surface area contributed by atoms with Crippen molar-refractivity contribution in [2.24, 2.45) is 0 Å². The van der Waals surface area contributed by atoms with Crippen molar-refractivity contribution in [2.75, 3.05) is 12.4 Å². The normalized spacial score (nSPS) is 13.2. The zero-order valence-electron chi connectivity index (χ0n) is 9.75. The molecule has 0 radical (unpaired) electrons. The van der Waals surface area contributed by atoms with Crippen LogP contribution in [0.1, 0.15) is 12.0 Å². The topological polar surface area (TPSA) is 71.4 Å². The lowest BCUT2D eigenvalue weighted by molar-refractivity contribution is -0.136. The number of aliphatic carboxylic acids is 1. The monoisotopic (exact) mass is 274 g/mol. The molecule has 1 atom stereocenters. The van der Waals surface area contributed by atoms with E-state index >= 15 is 0 Å². The molecule has 1 rings (SSSR count). The number of carboxylic acids is 1. The first-order valence-electron chi connectivity index (χ1n) is 5.51. The molecule has 6 heteroatoms. The summed E-state index contributed by atoms with van der Waals surface area (Å²) in [5.41, 5.74) is 0.633. The van der Waals surface area contributed by atoms with Crippen molar-refractivity contribution in [3.05, 3.63) is 35.9 Å². The molecule has 0 aromatic heterocycles. The van der Waals surface area contributed by atoms with Gasteiger partial charge in [-0.25, -0.2) is 8.42 Å². The van der Waals surface area contributed by atoms with Crippen LogP contribution in [0.25, 0.3) is 0 Å². The quantitative estimate of drug-likeness (QED) is 0.817. The molecule has 0 heterocycles. The molecular formula is C12H15FO4S. The fraction of sp³-hybridized carbons (Fsp3) is 0.417. The molecule has 0 aliphatic rings. The summed E-state index contributed by atoms with van der Waals surface area (Å²) in [5, 5.41) is 7.49. The molecule has 0 saturated heterocycles. The lowest BCUT2D eigenvalue weighted by Crippen LogP contribution is -2.34. The lowest BCUT2D eigenvalue weighted by Gasteiger charge is -2.13. The Balaban J connectivity index is 2.87. The van der Waals surface area contributed by atoms with Gasteiger partial charge in [0.05, 0.1) is 12.4 Å². The summed E-state index contributed by atoms with van der Waals surface area (Å²) < 4.78 is 35.6. The van der Waals surface area contributed by atoms with Crippen LogP contribution in [0, 0.1) is 0 Å². The largest absolute Gasteiger partial charge is 0.480 e. The maximum Gasteiger partial charge on any atom is 0.322 e. The summed E-state index contributed by atoms with van der Waals surface area (Å²) in [4.78, 5) is 11.0. The highest BCUT2D eigenvalue weighted by Crippen LogP contribution is 2.12. The zero-order valence-corrected chi connectivity index (χ0v) is 10.6. The minimum absolute atomic E-state index is 0.0925. The second-order valence-corrected chi connectivity index (χ2v) is 6.23. The van der Waals surface area contributed by atoms with Gasteiger partial charge in [-0.3, -0.25) is 9.18 Å². The van der Waals surface area contributed by atoms with Gasteiger partial charge in [-0.1, -0.05) is 30.3 Å². The average Bonchev–Trinajstić information content (AvgIpc) is 2.34.